The van der Waals surface area contributed by atoms with Crippen molar-refractivity contribution < 1.29 is 19.1 Å². The molecule has 6 heteroatoms. The zero-order valence-corrected chi connectivity index (χ0v) is 12.4. The summed E-state index contributed by atoms with van der Waals surface area (Å²) in [5, 5.41) is 12.2. The molecule has 1 amide bonds. The van der Waals surface area contributed by atoms with E-state index in [2.05, 4.69) is 5.32 Å². The van der Waals surface area contributed by atoms with Crippen LogP contribution in [0.5, 0.6) is 0 Å². The van der Waals surface area contributed by atoms with Gasteiger partial charge in [0, 0.05) is 11.9 Å². The Bertz CT molecular complexity index is 775. The number of hydrogen-bond acceptors (Lipinski definition) is 4. The van der Waals surface area contributed by atoms with Crippen LogP contribution in [-0.2, 0) is 4.79 Å². The number of carboxylic acids is 1. The van der Waals surface area contributed by atoms with E-state index in [1.165, 1.54) is 6.07 Å². The number of fused-ring (bicyclic) bond motifs is 1. The summed E-state index contributed by atoms with van der Waals surface area (Å²) < 4.78 is 5.09. The lowest BCUT2D eigenvalue weighted by atomic mass is 9.90. The Hall–Kier alpha value is -2.63. The molecular formula is C16H17NO5. The van der Waals surface area contributed by atoms with Crippen molar-refractivity contribution in [3.05, 3.63) is 46.3 Å². The van der Waals surface area contributed by atoms with E-state index in [1.54, 1.807) is 38.1 Å². The molecule has 0 aliphatic heterocycles. The molecule has 6 nitrogen and oxygen atoms in total. The first-order valence-corrected chi connectivity index (χ1v) is 6.86. The summed E-state index contributed by atoms with van der Waals surface area (Å²) in [7, 11) is 0. The van der Waals surface area contributed by atoms with Crippen LogP contribution < -0.4 is 10.9 Å². The Morgan fingerprint density at radius 1 is 1.27 bits per heavy atom. The van der Waals surface area contributed by atoms with Gasteiger partial charge in [0.25, 0.3) is 5.91 Å². The quantitative estimate of drug-likeness (QED) is 0.824. The summed E-state index contributed by atoms with van der Waals surface area (Å²) >= 11 is 0. The van der Waals surface area contributed by atoms with Gasteiger partial charge in [-0.3, -0.25) is 9.59 Å². The van der Waals surface area contributed by atoms with Crippen LogP contribution in [0.1, 0.15) is 30.6 Å². The summed E-state index contributed by atoms with van der Waals surface area (Å²) in [5.41, 5.74) is -1.34. The van der Waals surface area contributed by atoms with Crippen LogP contribution in [0.4, 0.5) is 0 Å². The summed E-state index contributed by atoms with van der Waals surface area (Å²) in [5.74, 6) is -1.51. The molecule has 22 heavy (non-hydrogen) atoms. The highest BCUT2D eigenvalue weighted by Crippen LogP contribution is 2.19. The predicted molar refractivity (Wildman–Crippen MR) is 80.9 cm³/mol. The third-order valence-electron chi connectivity index (χ3n) is 3.50. The number of benzene rings is 1. The van der Waals surface area contributed by atoms with Crippen molar-refractivity contribution in [3.63, 3.8) is 0 Å². The molecule has 0 fully saturated rings. The van der Waals surface area contributed by atoms with Gasteiger partial charge in [0.2, 0.25) is 0 Å². The maximum atomic E-state index is 12.0. The molecule has 0 radical (unpaired) electrons. The summed E-state index contributed by atoms with van der Waals surface area (Å²) in [6.07, 6.45) is 0.257. The van der Waals surface area contributed by atoms with Crippen LogP contribution >= 0.6 is 0 Å². The average molecular weight is 303 g/mol. The molecule has 0 aliphatic carbocycles. The molecule has 1 aromatic carbocycles. The van der Waals surface area contributed by atoms with Crippen LogP contribution in [0, 0.1) is 5.41 Å². The lowest BCUT2D eigenvalue weighted by Gasteiger charge is -2.18. The van der Waals surface area contributed by atoms with E-state index in [-0.39, 0.29) is 18.5 Å². The molecule has 116 valence electrons. The molecule has 0 saturated carbocycles. The van der Waals surface area contributed by atoms with Gasteiger partial charge in [-0.1, -0.05) is 18.2 Å². The highest BCUT2D eigenvalue weighted by atomic mass is 16.4. The summed E-state index contributed by atoms with van der Waals surface area (Å²) in [6.45, 7) is 3.31. The van der Waals surface area contributed by atoms with Crippen molar-refractivity contribution in [2.75, 3.05) is 6.54 Å². The Balaban J connectivity index is 2.12. The number of hydrogen-bond donors (Lipinski definition) is 2. The second kappa shape index (κ2) is 6.01. The number of carbonyl (C=O) groups is 2. The minimum atomic E-state index is -0.943. The molecule has 0 unspecified atom stereocenters. The zero-order chi connectivity index (χ0) is 16.3. The number of rotatable bonds is 5. The van der Waals surface area contributed by atoms with Crippen molar-refractivity contribution in [2.45, 2.75) is 20.3 Å². The average Bonchev–Trinajstić information content (AvgIpc) is 2.46. The first-order chi connectivity index (χ1) is 10.3. The Kier molecular flexibility index (Phi) is 4.30. The van der Waals surface area contributed by atoms with Crippen molar-refractivity contribution >= 4 is 22.8 Å². The fourth-order valence-electron chi connectivity index (χ4n) is 1.91. The minimum Gasteiger partial charge on any atom is -0.481 e. The van der Waals surface area contributed by atoms with Crippen LogP contribution in [0.2, 0.25) is 0 Å². The second-order valence-electron chi connectivity index (χ2n) is 5.68. The van der Waals surface area contributed by atoms with Crippen molar-refractivity contribution in [2.24, 2.45) is 5.41 Å². The SMILES string of the molecule is CC(C)(CCNC(=O)c1cc2ccccc2oc1=O)C(=O)O. The number of aliphatic carboxylic acids is 1. The van der Waals surface area contributed by atoms with E-state index in [9.17, 15) is 14.4 Å². The second-order valence-corrected chi connectivity index (χ2v) is 5.68. The van der Waals surface area contributed by atoms with Gasteiger partial charge in [-0.2, -0.15) is 0 Å². The molecule has 0 bridgehead atoms. The van der Waals surface area contributed by atoms with Crippen LogP contribution in [0.3, 0.4) is 0 Å². The molecular weight excluding hydrogens is 286 g/mol. The van der Waals surface area contributed by atoms with Crippen molar-refractivity contribution in [3.8, 4) is 0 Å². The van der Waals surface area contributed by atoms with E-state index < -0.39 is 22.9 Å². The lowest BCUT2D eigenvalue weighted by Crippen LogP contribution is -2.33. The third-order valence-corrected chi connectivity index (χ3v) is 3.50. The zero-order valence-electron chi connectivity index (χ0n) is 12.4. The van der Waals surface area contributed by atoms with Crippen molar-refractivity contribution in [1.82, 2.24) is 5.32 Å². The largest absolute Gasteiger partial charge is 0.481 e. The first-order valence-electron chi connectivity index (χ1n) is 6.86. The number of carboxylic acid groups (broad SMARTS) is 1. The van der Waals surface area contributed by atoms with Gasteiger partial charge in [-0.15, -0.1) is 0 Å². The van der Waals surface area contributed by atoms with Gasteiger partial charge in [-0.25, -0.2) is 4.79 Å². The Morgan fingerprint density at radius 3 is 2.64 bits per heavy atom. The Labute approximate surface area is 126 Å². The van der Waals surface area contributed by atoms with Gasteiger partial charge < -0.3 is 14.8 Å². The molecule has 0 saturated heterocycles. The fourth-order valence-corrected chi connectivity index (χ4v) is 1.91. The molecule has 2 aromatic rings. The highest BCUT2D eigenvalue weighted by Gasteiger charge is 2.26. The molecule has 1 aromatic heterocycles. The normalized spacial score (nSPS) is 11.4. The summed E-state index contributed by atoms with van der Waals surface area (Å²) in [4.78, 5) is 34.9. The summed E-state index contributed by atoms with van der Waals surface area (Å²) in [6, 6.07) is 8.37. The van der Waals surface area contributed by atoms with Crippen LogP contribution in [-0.4, -0.2) is 23.5 Å². The first kappa shape index (κ1) is 15.8. The molecule has 0 spiro atoms. The maximum Gasteiger partial charge on any atom is 0.349 e. The van der Waals surface area contributed by atoms with Crippen molar-refractivity contribution in [1.29, 1.82) is 0 Å². The number of carbonyl (C=O) groups excluding carboxylic acids is 1. The fraction of sp³-hybridized carbons (Fsp3) is 0.312. The minimum absolute atomic E-state index is 0.0909. The molecule has 0 aliphatic rings. The molecule has 0 atom stereocenters. The van der Waals surface area contributed by atoms with E-state index in [4.69, 9.17) is 9.52 Å². The van der Waals surface area contributed by atoms with Gasteiger partial charge >= 0.3 is 11.6 Å². The van der Waals surface area contributed by atoms with E-state index in [0.29, 0.717) is 11.0 Å². The van der Waals surface area contributed by atoms with Gasteiger partial charge in [0.1, 0.15) is 11.1 Å². The van der Waals surface area contributed by atoms with E-state index in [0.717, 1.165) is 0 Å². The number of amides is 1. The maximum absolute atomic E-state index is 12.0. The highest BCUT2D eigenvalue weighted by molar-refractivity contribution is 5.96. The van der Waals surface area contributed by atoms with Gasteiger partial charge in [-0.05, 0) is 32.4 Å². The lowest BCUT2D eigenvalue weighted by molar-refractivity contribution is -0.147. The topological polar surface area (TPSA) is 96.6 Å². The third kappa shape index (κ3) is 3.33. The molecule has 2 N–H and O–H groups in total. The number of para-hydroxylation sites is 1. The standard InChI is InChI=1S/C16H17NO5/c1-16(2,15(20)21)7-8-17-13(18)11-9-10-5-3-4-6-12(10)22-14(11)19/h3-6,9H,7-8H2,1-2H3,(H,17,18)(H,20,21). The van der Waals surface area contributed by atoms with Crippen LogP contribution in [0.25, 0.3) is 11.0 Å². The van der Waals surface area contributed by atoms with Crippen LogP contribution in [0.15, 0.2) is 39.5 Å². The molecule has 2 rings (SSSR count). The van der Waals surface area contributed by atoms with E-state index in [1.807, 2.05) is 0 Å². The van der Waals surface area contributed by atoms with Gasteiger partial charge in [0.05, 0.1) is 5.41 Å². The number of nitrogens with one attached hydrogen (secondary N) is 1. The predicted octanol–water partition coefficient (Wildman–Crippen LogP) is 2.02. The molecule has 1 heterocycles. The Morgan fingerprint density at radius 2 is 1.95 bits per heavy atom. The monoisotopic (exact) mass is 303 g/mol. The van der Waals surface area contributed by atoms with Gasteiger partial charge in [0.15, 0.2) is 0 Å². The van der Waals surface area contributed by atoms with E-state index >= 15 is 0 Å². The smallest absolute Gasteiger partial charge is 0.349 e.